The van der Waals surface area contributed by atoms with Gasteiger partial charge in [-0.3, -0.25) is 4.98 Å². The van der Waals surface area contributed by atoms with E-state index in [-0.39, 0.29) is 0 Å². The van der Waals surface area contributed by atoms with Crippen LogP contribution in [0.15, 0.2) is 24.4 Å². The maximum absolute atomic E-state index is 9.37. The number of rotatable bonds is 1. The predicted molar refractivity (Wildman–Crippen MR) is 84.4 cm³/mol. The fourth-order valence-corrected chi connectivity index (χ4v) is 2.79. The Hall–Kier alpha value is -3.18. The van der Waals surface area contributed by atoms with Crippen molar-refractivity contribution in [1.29, 1.82) is 5.26 Å². The van der Waals surface area contributed by atoms with Gasteiger partial charge in [0, 0.05) is 13.2 Å². The van der Waals surface area contributed by atoms with E-state index in [1.807, 2.05) is 43.7 Å². The topological polar surface area (TPSA) is 58.9 Å². The number of aromatic nitrogens is 3. The number of benzene rings is 1. The van der Waals surface area contributed by atoms with Crippen LogP contribution < -0.4 is 0 Å². The molecule has 0 spiro atoms. The lowest BCUT2D eigenvalue weighted by Crippen LogP contribution is -1.96. The van der Waals surface area contributed by atoms with Gasteiger partial charge in [0.05, 0.1) is 29.2 Å². The third-order valence-electron chi connectivity index (χ3n) is 3.89. The van der Waals surface area contributed by atoms with Gasteiger partial charge >= 0.3 is 0 Å². The molecule has 0 aliphatic rings. The van der Waals surface area contributed by atoms with Gasteiger partial charge in [0.1, 0.15) is 5.69 Å². The average molecular weight is 287 g/mol. The largest absolute Gasteiger partial charge is 0.327 e. The van der Waals surface area contributed by atoms with Crippen LogP contribution in [0.25, 0.3) is 27.4 Å². The van der Waals surface area contributed by atoms with Crippen LogP contribution in [0.4, 0.5) is 5.69 Å². The summed E-state index contributed by atoms with van der Waals surface area (Å²) in [7, 11) is 1.91. The van der Waals surface area contributed by atoms with Gasteiger partial charge in [-0.1, -0.05) is 6.07 Å². The zero-order valence-electron chi connectivity index (χ0n) is 12.5. The molecule has 0 amide bonds. The Labute approximate surface area is 128 Å². The number of aryl methyl sites for hydroxylation is 3. The standard InChI is InChI=1S/C17H13N5/c1-10-12(9-18)14(19-3)11(2)16-15(10)21-17(22(16)4)13-7-5-6-8-20-13/h5-8H,1-2,4H3. The second-order valence-electron chi connectivity index (χ2n) is 5.10. The molecule has 2 aromatic heterocycles. The first-order valence-electron chi connectivity index (χ1n) is 6.78. The summed E-state index contributed by atoms with van der Waals surface area (Å²) in [5, 5.41) is 9.37. The SMILES string of the molecule is [C-]#[N+]c1c(C#N)c(C)c2nc(-c3ccccn3)n(C)c2c1C. The minimum atomic E-state index is 0.406. The maximum atomic E-state index is 9.37. The van der Waals surface area contributed by atoms with Gasteiger partial charge in [0.15, 0.2) is 5.82 Å². The highest BCUT2D eigenvalue weighted by Gasteiger charge is 2.21. The molecule has 0 bridgehead atoms. The van der Waals surface area contributed by atoms with E-state index in [9.17, 15) is 5.26 Å². The Morgan fingerprint density at radius 3 is 2.64 bits per heavy atom. The molecular formula is C17H13N5. The number of hydrogen-bond acceptors (Lipinski definition) is 3. The Balaban J connectivity index is 2.47. The van der Waals surface area contributed by atoms with E-state index in [2.05, 4.69) is 20.9 Å². The van der Waals surface area contributed by atoms with Crippen molar-refractivity contribution in [3.05, 3.63) is 52.5 Å². The van der Waals surface area contributed by atoms with Crippen molar-refractivity contribution in [2.24, 2.45) is 7.05 Å². The molecule has 2 heterocycles. The summed E-state index contributed by atoms with van der Waals surface area (Å²) in [6.45, 7) is 11.1. The fourth-order valence-electron chi connectivity index (χ4n) is 2.79. The van der Waals surface area contributed by atoms with Crippen molar-refractivity contribution in [2.45, 2.75) is 13.8 Å². The van der Waals surface area contributed by atoms with Gasteiger partial charge in [-0.05, 0) is 37.1 Å². The minimum Gasteiger partial charge on any atom is -0.327 e. The molecule has 0 saturated carbocycles. The molecule has 0 atom stereocenters. The van der Waals surface area contributed by atoms with Crippen LogP contribution in [0.1, 0.15) is 16.7 Å². The summed E-state index contributed by atoms with van der Waals surface area (Å²) >= 11 is 0. The molecule has 22 heavy (non-hydrogen) atoms. The van der Waals surface area contributed by atoms with Crippen molar-refractivity contribution in [2.75, 3.05) is 0 Å². The van der Waals surface area contributed by atoms with E-state index < -0.39 is 0 Å². The molecule has 0 N–H and O–H groups in total. The number of nitriles is 1. The van der Waals surface area contributed by atoms with Crippen LogP contribution in [0, 0.1) is 31.8 Å². The lowest BCUT2D eigenvalue weighted by Gasteiger charge is -2.08. The molecule has 0 saturated heterocycles. The summed E-state index contributed by atoms with van der Waals surface area (Å²) in [5.41, 5.74) is 4.74. The first-order valence-corrected chi connectivity index (χ1v) is 6.78. The highest BCUT2D eigenvalue weighted by Crippen LogP contribution is 2.36. The van der Waals surface area contributed by atoms with Crippen LogP contribution in [0.3, 0.4) is 0 Å². The molecule has 1 aromatic carbocycles. The second-order valence-corrected chi connectivity index (χ2v) is 5.10. The van der Waals surface area contributed by atoms with E-state index in [0.717, 1.165) is 33.7 Å². The first kappa shape index (κ1) is 13.8. The first-order chi connectivity index (χ1) is 10.6. The Kier molecular flexibility index (Phi) is 3.12. The van der Waals surface area contributed by atoms with E-state index >= 15 is 0 Å². The van der Waals surface area contributed by atoms with Crippen LogP contribution >= 0.6 is 0 Å². The van der Waals surface area contributed by atoms with E-state index in [1.54, 1.807) is 6.20 Å². The summed E-state index contributed by atoms with van der Waals surface area (Å²) in [5.74, 6) is 0.729. The summed E-state index contributed by atoms with van der Waals surface area (Å²) in [6, 6.07) is 7.80. The molecule has 0 unspecified atom stereocenters. The van der Waals surface area contributed by atoms with Crippen molar-refractivity contribution in [3.63, 3.8) is 0 Å². The highest BCUT2D eigenvalue weighted by molar-refractivity contribution is 5.93. The maximum Gasteiger partial charge on any atom is 0.209 e. The Morgan fingerprint density at radius 1 is 1.27 bits per heavy atom. The fraction of sp³-hybridized carbons (Fsp3) is 0.176. The van der Waals surface area contributed by atoms with Crippen molar-refractivity contribution < 1.29 is 0 Å². The summed E-state index contributed by atoms with van der Waals surface area (Å²) < 4.78 is 1.94. The lowest BCUT2D eigenvalue weighted by atomic mass is 10.0. The highest BCUT2D eigenvalue weighted by atomic mass is 15.1. The van der Waals surface area contributed by atoms with E-state index in [4.69, 9.17) is 6.57 Å². The molecule has 3 aromatic rings. The Morgan fingerprint density at radius 2 is 2.05 bits per heavy atom. The zero-order valence-corrected chi connectivity index (χ0v) is 12.5. The molecule has 0 fully saturated rings. The van der Waals surface area contributed by atoms with Crippen LogP contribution in [-0.2, 0) is 7.05 Å². The molecule has 3 rings (SSSR count). The number of fused-ring (bicyclic) bond motifs is 1. The van der Waals surface area contributed by atoms with Gasteiger partial charge < -0.3 is 4.57 Å². The third kappa shape index (κ3) is 1.77. The van der Waals surface area contributed by atoms with Gasteiger partial charge in [0.25, 0.3) is 0 Å². The van der Waals surface area contributed by atoms with Gasteiger partial charge in [-0.2, -0.15) is 5.26 Å². The Bertz CT molecular complexity index is 969. The molecular weight excluding hydrogens is 274 g/mol. The number of nitrogens with zero attached hydrogens (tertiary/aromatic N) is 5. The molecule has 5 nitrogen and oxygen atoms in total. The van der Waals surface area contributed by atoms with Gasteiger partial charge in [-0.25, -0.2) is 9.83 Å². The van der Waals surface area contributed by atoms with Crippen molar-refractivity contribution >= 4 is 16.7 Å². The van der Waals surface area contributed by atoms with Gasteiger partial charge in [-0.15, -0.1) is 0 Å². The summed E-state index contributed by atoms with van der Waals surface area (Å²) in [4.78, 5) is 12.6. The quantitative estimate of drug-likeness (QED) is 0.641. The van der Waals surface area contributed by atoms with Crippen LogP contribution in [0.2, 0.25) is 0 Å². The second kappa shape index (κ2) is 4.98. The van der Waals surface area contributed by atoms with Crippen LogP contribution in [-0.4, -0.2) is 14.5 Å². The lowest BCUT2D eigenvalue weighted by molar-refractivity contribution is 0.947. The molecule has 106 valence electrons. The van der Waals surface area contributed by atoms with Crippen molar-refractivity contribution in [1.82, 2.24) is 14.5 Å². The third-order valence-corrected chi connectivity index (χ3v) is 3.89. The molecule has 5 heteroatoms. The van der Waals surface area contributed by atoms with Gasteiger partial charge in [0.2, 0.25) is 5.69 Å². The average Bonchev–Trinajstić information content (AvgIpc) is 2.89. The summed E-state index contributed by atoms with van der Waals surface area (Å²) in [6.07, 6.45) is 1.72. The molecule has 0 radical (unpaired) electrons. The number of pyridine rings is 1. The zero-order chi connectivity index (χ0) is 15.9. The minimum absolute atomic E-state index is 0.406. The van der Waals surface area contributed by atoms with E-state index in [1.165, 1.54) is 0 Å². The monoisotopic (exact) mass is 287 g/mol. The van der Waals surface area contributed by atoms with Crippen molar-refractivity contribution in [3.8, 4) is 17.6 Å². The molecule has 0 aliphatic heterocycles. The molecule has 0 aliphatic carbocycles. The van der Waals surface area contributed by atoms with E-state index in [0.29, 0.717) is 11.3 Å². The normalized spacial score (nSPS) is 10.4. The smallest absolute Gasteiger partial charge is 0.209 e. The van der Waals surface area contributed by atoms with Crippen LogP contribution in [0.5, 0.6) is 0 Å². The number of imidazole rings is 1. The predicted octanol–water partition coefficient (Wildman–Crippen LogP) is 3.67. The number of hydrogen-bond donors (Lipinski definition) is 0.